The van der Waals surface area contributed by atoms with Crippen LogP contribution in [0.15, 0.2) is 24.4 Å². The van der Waals surface area contributed by atoms with Crippen LogP contribution in [0.2, 0.25) is 0 Å². The number of unbranched alkanes of at least 4 members (excludes halogenated alkanes) is 2. The number of nitrogens with zero attached hydrogens (tertiary/aromatic N) is 3. The van der Waals surface area contributed by atoms with Gasteiger partial charge in [0, 0.05) is 63.4 Å². The fraction of sp³-hybridized carbons (Fsp3) is 0.583. The Bertz CT molecular complexity index is 850. The third-order valence-electron chi connectivity index (χ3n) is 6.02. The molecule has 0 atom stereocenters. The largest absolute Gasteiger partial charge is 0.497 e. The second kappa shape index (κ2) is 12.0. The lowest BCUT2D eigenvalue weighted by Crippen LogP contribution is -2.46. The van der Waals surface area contributed by atoms with Crippen LogP contribution in [0, 0.1) is 6.92 Å². The summed E-state index contributed by atoms with van der Waals surface area (Å²) in [4.78, 5) is 21.9. The fourth-order valence-corrected chi connectivity index (χ4v) is 4.12. The van der Waals surface area contributed by atoms with E-state index in [4.69, 9.17) is 9.84 Å². The van der Waals surface area contributed by atoms with Crippen LogP contribution in [0.5, 0.6) is 5.75 Å². The molecule has 2 aromatic rings. The van der Waals surface area contributed by atoms with Crippen LogP contribution >= 0.6 is 0 Å². The lowest BCUT2D eigenvalue weighted by Gasteiger charge is -2.34. The summed E-state index contributed by atoms with van der Waals surface area (Å²) in [5.41, 5.74) is 2.61. The number of aliphatic hydroxyl groups excluding tert-OH is 1. The molecular formula is C24H36N4O3. The fourth-order valence-electron chi connectivity index (χ4n) is 4.12. The first kappa shape index (κ1) is 23.4. The minimum absolute atomic E-state index is 0.0235. The van der Waals surface area contributed by atoms with Gasteiger partial charge in [-0.2, -0.15) is 0 Å². The number of carbonyl (C=O) groups excluding carboxylic acids is 1. The van der Waals surface area contributed by atoms with Gasteiger partial charge in [0.05, 0.1) is 18.3 Å². The number of benzene rings is 1. The average Bonchev–Trinajstić information content (AvgIpc) is 2.78. The van der Waals surface area contributed by atoms with Crippen LogP contribution in [-0.4, -0.2) is 78.8 Å². The van der Waals surface area contributed by atoms with Crippen molar-refractivity contribution in [3.8, 4) is 5.75 Å². The third-order valence-corrected chi connectivity index (χ3v) is 6.02. The Kier molecular flexibility index (Phi) is 9.06. The van der Waals surface area contributed by atoms with E-state index in [9.17, 15) is 4.79 Å². The number of amides is 1. The number of aryl methyl sites for hydroxylation is 1. The number of ether oxygens (including phenoxy) is 1. The molecule has 170 valence electrons. The minimum atomic E-state index is 0.0235. The number of pyridine rings is 1. The van der Waals surface area contributed by atoms with Crippen LogP contribution in [-0.2, 0) is 4.79 Å². The quantitative estimate of drug-likeness (QED) is 0.536. The van der Waals surface area contributed by atoms with E-state index in [0.29, 0.717) is 12.1 Å². The van der Waals surface area contributed by atoms with Crippen molar-refractivity contribution in [1.29, 1.82) is 0 Å². The van der Waals surface area contributed by atoms with Gasteiger partial charge in [0.2, 0.25) is 5.91 Å². The third kappa shape index (κ3) is 6.89. The minimum Gasteiger partial charge on any atom is -0.497 e. The van der Waals surface area contributed by atoms with Crippen LogP contribution in [0.4, 0.5) is 5.69 Å². The molecule has 31 heavy (non-hydrogen) atoms. The second-order valence-corrected chi connectivity index (χ2v) is 8.32. The number of carbonyl (C=O) groups is 1. The van der Waals surface area contributed by atoms with E-state index in [1.165, 1.54) is 0 Å². The number of anilines is 1. The summed E-state index contributed by atoms with van der Waals surface area (Å²) in [7, 11) is 1.63. The maximum atomic E-state index is 12.5. The molecule has 1 aliphatic heterocycles. The maximum Gasteiger partial charge on any atom is 0.224 e. The summed E-state index contributed by atoms with van der Waals surface area (Å²) in [6, 6.07) is 5.76. The molecule has 2 heterocycles. The standard InChI is InChI=1S/C24H36N4O3/c1-19-8-9-25-24-21(19)17-20(31-2)18-22(24)26-23(30)7-4-3-5-10-27-12-14-28(15-13-27)11-6-16-29/h8-9,17-18,29H,3-7,10-16H2,1-2H3,(H,26,30). The molecule has 0 aliphatic carbocycles. The van der Waals surface area contributed by atoms with Gasteiger partial charge >= 0.3 is 0 Å². The highest BCUT2D eigenvalue weighted by Gasteiger charge is 2.16. The molecule has 1 amide bonds. The Hall–Kier alpha value is -2.22. The Morgan fingerprint density at radius 3 is 2.48 bits per heavy atom. The highest BCUT2D eigenvalue weighted by molar-refractivity contribution is 6.01. The SMILES string of the molecule is COc1cc(NC(=O)CCCCCN2CCN(CCCO)CC2)c2nccc(C)c2c1. The van der Waals surface area contributed by atoms with Gasteiger partial charge in [-0.15, -0.1) is 0 Å². The number of aliphatic hydroxyl groups is 1. The molecule has 1 saturated heterocycles. The topological polar surface area (TPSA) is 77.9 Å². The van der Waals surface area contributed by atoms with Gasteiger partial charge in [0.15, 0.2) is 0 Å². The molecule has 1 aliphatic rings. The zero-order chi connectivity index (χ0) is 22.1. The first-order chi connectivity index (χ1) is 15.1. The first-order valence-electron chi connectivity index (χ1n) is 11.4. The lowest BCUT2D eigenvalue weighted by molar-refractivity contribution is -0.116. The van der Waals surface area contributed by atoms with Gasteiger partial charge in [-0.25, -0.2) is 0 Å². The van der Waals surface area contributed by atoms with Crippen molar-refractivity contribution in [1.82, 2.24) is 14.8 Å². The van der Waals surface area contributed by atoms with Crippen molar-refractivity contribution >= 4 is 22.5 Å². The number of piperazine rings is 1. The molecule has 0 spiro atoms. The lowest BCUT2D eigenvalue weighted by atomic mass is 10.1. The number of nitrogens with one attached hydrogen (secondary N) is 1. The molecule has 2 N–H and O–H groups in total. The number of hydrogen-bond donors (Lipinski definition) is 2. The van der Waals surface area contributed by atoms with Crippen LogP contribution in [0.25, 0.3) is 10.9 Å². The number of rotatable bonds is 11. The molecule has 1 fully saturated rings. The summed E-state index contributed by atoms with van der Waals surface area (Å²) in [5.74, 6) is 0.741. The average molecular weight is 429 g/mol. The maximum absolute atomic E-state index is 12.5. The normalized spacial score (nSPS) is 15.3. The summed E-state index contributed by atoms with van der Waals surface area (Å²) in [6.07, 6.45) is 6.20. The molecule has 0 saturated carbocycles. The summed E-state index contributed by atoms with van der Waals surface area (Å²) in [6.45, 7) is 8.77. The van der Waals surface area contributed by atoms with Crippen LogP contribution < -0.4 is 10.1 Å². The van der Waals surface area contributed by atoms with Crippen molar-refractivity contribution in [3.05, 3.63) is 30.0 Å². The first-order valence-corrected chi connectivity index (χ1v) is 11.4. The zero-order valence-corrected chi connectivity index (χ0v) is 18.9. The number of hydrogen-bond acceptors (Lipinski definition) is 6. The highest BCUT2D eigenvalue weighted by atomic mass is 16.5. The Morgan fingerprint density at radius 2 is 1.81 bits per heavy atom. The van der Waals surface area contributed by atoms with Crippen molar-refractivity contribution in [2.75, 3.05) is 58.3 Å². The molecule has 7 heteroatoms. The van der Waals surface area contributed by atoms with Gasteiger partial charge < -0.3 is 25.0 Å². The second-order valence-electron chi connectivity index (χ2n) is 8.32. The van der Waals surface area contributed by atoms with Crippen LogP contribution in [0.1, 0.15) is 37.7 Å². The number of fused-ring (bicyclic) bond motifs is 1. The Labute approximate surface area is 185 Å². The molecule has 0 unspecified atom stereocenters. The number of aromatic nitrogens is 1. The molecule has 1 aromatic carbocycles. The van der Waals surface area contributed by atoms with Crippen molar-refractivity contribution in [2.45, 2.75) is 39.0 Å². The van der Waals surface area contributed by atoms with Crippen molar-refractivity contribution in [2.24, 2.45) is 0 Å². The number of methoxy groups -OCH3 is 1. The molecule has 3 rings (SSSR count). The van der Waals surface area contributed by atoms with E-state index in [1.807, 2.05) is 25.1 Å². The Morgan fingerprint density at radius 1 is 1.10 bits per heavy atom. The van der Waals surface area contributed by atoms with E-state index >= 15 is 0 Å². The van der Waals surface area contributed by atoms with Gasteiger partial charge in [0.25, 0.3) is 0 Å². The van der Waals surface area contributed by atoms with Gasteiger partial charge in [-0.3, -0.25) is 9.78 Å². The summed E-state index contributed by atoms with van der Waals surface area (Å²) < 4.78 is 5.40. The summed E-state index contributed by atoms with van der Waals surface area (Å²) in [5, 5.41) is 13.0. The van der Waals surface area contributed by atoms with E-state index in [2.05, 4.69) is 20.1 Å². The summed E-state index contributed by atoms with van der Waals surface area (Å²) >= 11 is 0. The van der Waals surface area contributed by atoms with Gasteiger partial charge in [-0.05, 0) is 50.4 Å². The van der Waals surface area contributed by atoms with E-state index in [-0.39, 0.29) is 12.5 Å². The van der Waals surface area contributed by atoms with E-state index in [0.717, 1.165) is 87.2 Å². The van der Waals surface area contributed by atoms with Crippen molar-refractivity contribution in [3.63, 3.8) is 0 Å². The molecular weight excluding hydrogens is 392 g/mol. The molecule has 7 nitrogen and oxygen atoms in total. The predicted molar refractivity (Wildman–Crippen MR) is 125 cm³/mol. The molecule has 0 radical (unpaired) electrons. The van der Waals surface area contributed by atoms with Gasteiger partial charge in [-0.1, -0.05) is 6.42 Å². The van der Waals surface area contributed by atoms with Crippen LogP contribution in [0.3, 0.4) is 0 Å². The molecule has 1 aromatic heterocycles. The highest BCUT2D eigenvalue weighted by Crippen LogP contribution is 2.30. The van der Waals surface area contributed by atoms with E-state index < -0.39 is 0 Å². The molecule has 0 bridgehead atoms. The van der Waals surface area contributed by atoms with Crippen molar-refractivity contribution < 1.29 is 14.6 Å². The zero-order valence-electron chi connectivity index (χ0n) is 18.9. The smallest absolute Gasteiger partial charge is 0.224 e. The monoisotopic (exact) mass is 428 g/mol. The van der Waals surface area contributed by atoms with E-state index in [1.54, 1.807) is 13.3 Å². The van der Waals surface area contributed by atoms with Gasteiger partial charge in [0.1, 0.15) is 5.75 Å². The predicted octanol–water partition coefficient (Wildman–Crippen LogP) is 3.05. The Balaban J connectivity index is 1.39.